The molecule has 0 spiro atoms. The molecular weight excluding hydrogens is 308 g/mol. The number of benzene rings is 1. The van der Waals surface area contributed by atoms with Crippen LogP contribution in [0, 0.1) is 0 Å². The lowest BCUT2D eigenvalue weighted by atomic mass is 10.1. The fourth-order valence-electron chi connectivity index (χ4n) is 2.54. The van der Waals surface area contributed by atoms with Crippen LogP contribution in [0.25, 0.3) is 10.8 Å². The van der Waals surface area contributed by atoms with Gasteiger partial charge in [0, 0.05) is 39.9 Å². The van der Waals surface area contributed by atoms with Crippen LogP contribution in [0.2, 0.25) is 5.15 Å². The fourth-order valence-corrected chi connectivity index (χ4v) is 4.05. The Morgan fingerprint density at radius 2 is 1.90 bits per heavy atom. The van der Waals surface area contributed by atoms with Crippen LogP contribution in [0.1, 0.15) is 23.2 Å². The van der Waals surface area contributed by atoms with Gasteiger partial charge in [-0.3, -0.25) is 9.00 Å². The molecule has 1 amide bonds. The summed E-state index contributed by atoms with van der Waals surface area (Å²) >= 11 is 6.06. The molecule has 1 aliphatic heterocycles. The summed E-state index contributed by atoms with van der Waals surface area (Å²) in [5, 5.41) is 4.98. The van der Waals surface area contributed by atoms with E-state index in [1.165, 1.54) is 6.20 Å². The smallest absolute Gasteiger partial charge is 0.253 e. The van der Waals surface area contributed by atoms with Crippen LogP contribution in [0.15, 0.2) is 30.5 Å². The van der Waals surface area contributed by atoms with Crippen molar-refractivity contribution in [2.75, 3.05) is 11.5 Å². The minimum atomic E-state index is -0.727. The van der Waals surface area contributed by atoms with Gasteiger partial charge in [0.25, 0.3) is 5.91 Å². The molecule has 0 atom stereocenters. The first-order valence-corrected chi connectivity index (χ1v) is 8.71. The highest BCUT2D eigenvalue weighted by molar-refractivity contribution is 7.85. The summed E-state index contributed by atoms with van der Waals surface area (Å²) in [5.41, 5.74) is 0.529. The minimum Gasteiger partial charge on any atom is -0.349 e. The summed E-state index contributed by atoms with van der Waals surface area (Å²) in [6.07, 6.45) is 3.04. The summed E-state index contributed by atoms with van der Waals surface area (Å²) in [5.74, 6) is 1.17. The second-order valence-electron chi connectivity index (χ2n) is 5.10. The first-order valence-electron chi connectivity index (χ1n) is 6.84. The van der Waals surface area contributed by atoms with Gasteiger partial charge in [-0.15, -0.1) is 0 Å². The van der Waals surface area contributed by atoms with Crippen molar-refractivity contribution in [3.05, 3.63) is 41.2 Å². The molecule has 1 aliphatic rings. The maximum absolute atomic E-state index is 12.4. The third-order valence-corrected chi connectivity index (χ3v) is 5.40. The highest BCUT2D eigenvalue weighted by atomic mass is 35.5. The van der Waals surface area contributed by atoms with Crippen molar-refractivity contribution < 1.29 is 9.00 Å². The van der Waals surface area contributed by atoms with Gasteiger partial charge in [0.05, 0.1) is 5.56 Å². The third kappa shape index (κ3) is 3.09. The number of nitrogens with one attached hydrogen (secondary N) is 1. The second-order valence-corrected chi connectivity index (χ2v) is 7.16. The van der Waals surface area contributed by atoms with Crippen molar-refractivity contribution in [3.63, 3.8) is 0 Å². The normalized spacial score (nSPS) is 22.1. The number of rotatable bonds is 2. The summed E-state index contributed by atoms with van der Waals surface area (Å²) in [4.78, 5) is 16.5. The topological polar surface area (TPSA) is 59.1 Å². The molecule has 0 aliphatic carbocycles. The molecule has 1 saturated heterocycles. The predicted molar refractivity (Wildman–Crippen MR) is 85.1 cm³/mol. The van der Waals surface area contributed by atoms with Gasteiger partial charge in [0.2, 0.25) is 0 Å². The number of hydrogen-bond donors (Lipinski definition) is 1. The van der Waals surface area contributed by atoms with Gasteiger partial charge in [0.15, 0.2) is 0 Å². The highest BCUT2D eigenvalue weighted by Gasteiger charge is 2.21. The van der Waals surface area contributed by atoms with E-state index in [4.69, 9.17) is 11.6 Å². The van der Waals surface area contributed by atoms with Crippen molar-refractivity contribution in [2.45, 2.75) is 18.9 Å². The number of pyridine rings is 1. The molecule has 21 heavy (non-hydrogen) atoms. The lowest BCUT2D eigenvalue weighted by molar-refractivity contribution is 0.0936. The maximum Gasteiger partial charge on any atom is 0.253 e. The summed E-state index contributed by atoms with van der Waals surface area (Å²) in [6, 6.07) is 7.55. The van der Waals surface area contributed by atoms with Gasteiger partial charge >= 0.3 is 0 Å². The van der Waals surface area contributed by atoms with Gasteiger partial charge in [-0.1, -0.05) is 35.9 Å². The largest absolute Gasteiger partial charge is 0.349 e. The molecule has 3 rings (SSSR count). The van der Waals surface area contributed by atoms with E-state index in [0.717, 1.165) is 23.6 Å². The lowest BCUT2D eigenvalue weighted by Crippen LogP contribution is -2.39. The van der Waals surface area contributed by atoms with Gasteiger partial charge in [-0.25, -0.2) is 4.98 Å². The van der Waals surface area contributed by atoms with E-state index >= 15 is 0 Å². The van der Waals surface area contributed by atoms with Gasteiger partial charge in [-0.2, -0.15) is 0 Å². The molecule has 2 heterocycles. The van der Waals surface area contributed by atoms with Crippen molar-refractivity contribution in [2.24, 2.45) is 0 Å². The molecular formula is C15H15ClN2O2S. The zero-order chi connectivity index (χ0) is 14.8. The Kier molecular flexibility index (Phi) is 4.22. The van der Waals surface area contributed by atoms with Crippen molar-refractivity contribution in [1.82, 2.24) is 10.3 Å². The Labute approximate surface area is 130 Å². The average molecular weight is 323 g/mol. The van der Waals surface area contributed by atoms with Crippen molar-refractivity contribution in [3.8, 4) is 0 Å². The maximum atomic E-state index is 12.4. The number of aromatic nitrogens is 1. The van der Waals surface area contributed by atoms with Crippen LogP contribution >= 0.6 is 11.6 Å². The van der Waals surface area contributed by atoms with E-state index < -0.39 is 10.8 Å². The number of halogens is 1. The zero-order valence-corrected chi connectivity index (χ0v) is 12.9. The van der Waals surface area contributed by atoms with E-state index in [9.17, 15) is 9.00 Å². The Morgan fingerprint density at radius 1 is 1.24 bits per heavy atom. The van der Waals surface area contributed by atoms with Crippen LogP contribution in [0.5, 0.6) is 0 Å². The van der Waals surface area contributed by atoms with E-state index in [-0.39, 0.29) is 11.9 Å². The zero-order valence-electron chi connectivity index (χ0n) is 11.3. The summed E-state index contributed by atoms with van der Waals surface area (Å²) in [6.45, 7) is 0. The number of carbonyl (C=O) groups excluding carboxylic acids is 1. The molecule has 0 bridgehead atoms. The highest BCUT2D eigenvalue weighted by Crippen LogP contribution is 2.24. The molecule has 6 heteroatoms. The molecule has 1 fully saturated rings. The average Bonchev–Trinajstić information content (AvgIpc) is 2.50. The van der Waals surface area contributed by atoms with Crippen LogP contribution in [0.3, 0.4) is 0 Å². The Balaban J connectivity index is 1.85. The van der Waals surface area contributed by atoms with Crippen LogP contribution in [0.4, 0.5) is 0 Å². The predicted octanol–water partition coefficient (Wildman–Crippen LogP) is 2.53. The van der Waals surface area contributed by atoms with Gasteiger partial charge in [0.1, 0.15) is 5.15 Å². The van der Waals surface area contributed by atoms with Crippen molar-refractivity contribution in [1.29, 1.82) is 0 Å². The summed E-state index contributed by atoms with van der Waals surface area (Å²) < 4.78 is 11.4. The number of nitrogens with zero attached hydrogens (tertiary/aromatic N) is 1. The fraction of sp³-hybridized carbons (Fsp3) is 0.333. The molecule has 4 nitrogen and oxygen atoms in total. The summed E-state index contributed by atoms with van der Waals surface area (Å²) in [7, 11) is -0.727. The number of fused-ring (bicyclic) bond motifs is 1. The number of carbonyl (C=O) groups is 1. The first kappa shape index (κ1) is 14.5. The van der Waals surface area contributed by atoms with Crippen LogP contribution in [-0.2, 0) is 10.8 Å². The molecule has 1 N–H and O–H groups in total. The Hall–Kier alpha value is -1.46. The molecule has 1 aromatic heterocycles. The number of amides is 1. The van der Waals surface area contributed by atoms with Gasteiger partial charge < -0.3 is 5.32 Å². The molecule has 0 radical (unpaired) electrons. The molecule has 0 saturated carbocycles. The van der Waals surface area contributed by atoms with E-state index in [2.05, 4.69) is 10.3 Å². The van der Waals surface area contributed by atoms with E-state index in [1.54, 1.807) is 0 Å². The minimum absolute atomic E-state index is 0.0876. The van der Waals surface area contributed by atoms with E-state index in [0.29, 0.717) is 22.2 Å². The SMILES string of the molecule is O=C(NC1CCS(=O)CC1)c1cnc(Cl)c2ccccc12. The van der Waals surface area contributed by atoms with E-state index in [1.807, 2.05) is 24.3 Å². The van der Waals surface area contributed by atoms with Crippen LogP contribution < -0.4 is 5.32 Å². The standard InChI is InChI=1S/C15H15ClN2O2S/c16-14-12-4-2-1-3-11(12)13(9-17-14)15(19)18-10-5-7-21(20)8-6-10/h1-4,9-10H,5-8H2,(H,18,19). The molecule has 110 valence electrons. The lowest BCUT2D eigenvalue weighted by Gasteiger charge is -2.22. The Bertz CT molecular complexity index is 710. The van der Waals surface area contributed by atoms with Gasteiger partial charge in [-0.05, 0) is 18.2 Å². The monoisotopic (exact) mass is 322 g/mol. The molecule has 2 aromatic rings. The molecule has 1 aromatic carbocycles. The second kappa shape index (κ2) is 6.12. The first-order chi connectivity index (χ1) is 10.1. The van der Waals surface area contributed by atoms with Crippen LogP contribution in [-0.4, -0.2) is 32.6 Å². The number of hydrogen-bond acceptors (Lipinski definition) is 3. The molecule has 0 unspecified atom stereocenters. The Morgan fingerprint density at radius 3 is 2.62 bits per heavy atom. The quantitative estimate of drug-likeness (QED) is 0.864. The third-order valence-electron chi connectivity index (χ3n) is 3.71. The van der Waals surface area contributed by atoms with Crippen molar-refractivity contribution >= 4 is 39.1 Å².